The summed E-state index contributed by atoms with van der Waals surface area (Å²) in [5.74, 6) is 0.502. The fraction of sp³-hybridized carbons (Fsp3) is 0.588. The van der Waals surface area contributed by atoms with Crippen molar-refractivity contribution in [3.63, 3.8) is 0 Å². The fourth-order valence-corrected chi connectivity index (χ4v) is 3.30. The maximum Gasteiger partial charge on any atom is 0.220 e. The Bertz CT molecular complexity index is 479. The third kappa shape index (κ3) is 4.72. The van der Waals surface area contributed by atoms with E-state index < -0.39 is 0 Å². The number of nitrogens with one attached hydrogen (secondary N) is 1. The topological polar surface area (TPSA) is 55.1 Å². The van der Waals surface area contributed by atoms with Crippen LogP contribution >= 0.6 is 12.4 Å². The molecule has 0 heterocycles. The molecule has 2 atom stereocenters. The van der Waals surface area contributed by atoms with Gasteiger partial charge in [0.2, 0.25) is 5.91 Å². The van der Waals surface area contributed by atoms with Gasteiger partial charge in [-0.25, -0.2) is 0 Å². The third-order valence-electron chi connectivity index (χ3n) is 4.47. The first-order valence-corrected chi connectivity index (χ1v) is 7.56. The highest BCUT2D eigenvalue weighted by Crippen LogP contribution is 2.26. The summed E-state index contributed by atoms with van der Waals surface area (Å²) in [5, 5.41) is 3.05. The largest absolute Gasteiger partial charge is 0.352 e. The highest BCUT2D eigenvalue weighted by atomic mass is 35.5. The summed E-state index contributed by atoms with van der Waals surface area (Å²) in [7, 11) is 0. The van der Waals surface area contributed by atoms with Gasteiger partial charge in [-0.1, -0.05) is 24.1 Å². The van der Waals surface area contributed by atoms with Crippen LogP contribution in [0.15, 0.2) is 12.1 Å². The minimum absolute atomic E-state index is 0. The molecule has 0 radical (unpaired) electrons. The number of amides is 1. The Kier molecular flexibility index (Phi) is 6.69. The Labute approximate surface area is 134 Å². The van der Waals surface area contributed by atoms with Crippen molar-refractivity contribution in [2.75, 3.05) is 0 Å². The maximum absolute atomic E-state index is 12.0. The molecular weight excluding hydrogens is 284 g/mol. The van der Waals surface area contributed by atoms with Crippen molar-refractivity contribution >= 4 is 18.3 Å². The molecule has 118 valence electrons. The molecule has 1 fully saturated rings. The van der Waals surface area contributed by atoms with Crippen LogP contribution in [0.2, 0.25) is 0 Å². The summed E-state index contributed by atoms with van der Waals surface area (Å²) >= 11 is 0. The van der Waals surface area contributed by atoms with Crippen LogP contribution in [-0.4, -0.2) is 11.9 Å². The van der Waals surface area contributed by atoms with Crippen LogP contribution < -0.4 is 11.1 Å². The normalized spacial score (nSPS) is 21.0. The van der Waals surface area contributed by atoms with Gasteiger partial charge in [-0.15, -0.1) is 12.4 Å². The van der Waals surface area contributed by atoms with Gasteiger partial charge in [-0.3, -0.25) is 4.79 Å². The van der Waals surface area contributed by atoms with Gasteiger partial charge < -0.3 is 11.1 Å². The Hall–Kier alpha value is -1.06. The molecule has 0 bridgehead atoms. The minimum atomic E-state index is 0. The molecule has 1 aromatic carbocycles. The number of rotatable bonds is 4. The van der Waals surface area contributed by atoms with Crippen LogP contribution in [0.3, 0.4) is 0 Å². The van der Waals surface area contributed by atoms with E-state index in [1.165, 1.54) is 22.3 Å². The van der Waals surface area contributed by atoms with E-state index in [-0.39, 0.29) is 24.4 Å². The number of benzene rings is 1. The molecule has 1 saturated carbocycles. The summed E-state index contributed by atoms with van der Waals surface area (Å²) in [5.41, 5.74) is 11.0. The first-order chi connectivity index (χ1) is 9.47. The predicted octanol–water partition coefficient (Wildman–Crippen LogP) is 3.17. The third-order valence-corrected chi connectivity index (χ3v) is 4.47. The van der Waals surface area contributed by atoms with Gasteiger partial charge >= 0.3 is 0 Å². The average molecular weight is 311 g/mol. The second-order valence-corrected chi connectivity index (χ2v) is 6.21. The Balaban J connectivity index is 0.00000220. The number of aryl methyl sites for hydroxylation is 3. The number of hydrogen-bond acceptors (Lipinski definition) is 2. The van der Waals surface area contributed by atoms with Gasteiger partial charge in [0.1, 0.15) is 0 Å². The van der Waals surface area contributed by atoms with Gasteiger partial charge in [-0.05, 0) is 56.2 Å². The van der Waals surface area contributed by atoms with Crippen molar-refractivity contribution in [2.45, 2.75) is 59.0 Å². The number of carbonyl (C=O) groups is 1. The van der Waals surface area contributed by atoms with Crippen LogP contribution in [0.4, 0.5) is 0 Å². The standard InChI is InChI=1S/C17H26N2O.ClH/c1-11-7-12(2)15(13(3)8-11)10-19-17(20)9-14-5-4-6-16(14)18;/h7-8,14,16H,4-6,9-10,18H2,1-3H3,(H,19,20);1H/t14-,16+;/m0./s1. The molecule has 0 aromatic heterocycles. The van der Waals surface area contributed by atoms with Gasteiger partial charge in [-0.2, -0.15) is 0 Å². The zero-order valence-corrected chi connectivity index (χ0v) is 14.1. The number of hydrogen-bond donors (Lipinski definition) is 2. The molecule has 1 aromatic rings. The van der Waals surface area contributed by atoms with Crippen molar-refractivity contribution in [3.8, 4) is 0 Å². The van der Waals surface area contributed by atoms with E-state index in [0.717, 1.165) is 19.3 Å². The highest BCUT2D eigenvalue weighted by molar-refractivity contribution is 5.85. The lowest BCUT2D eigenvalue weighted by Crippen LogP contribution is -2.31. The fourth-order valence-electron chi connectivity index (χ4n) is 3.30. The number of carbonyl (C=O) groups excluding carboxylic acids is 1. The second-order valence-electron chi connectivity index (χ2n) is 6.21. The summed E-state index contributed by atoms with van der Waals surface area (Å²) in [6, 6.07) is 4.55. The zero-order chi connectivity index (χ0) is 14.7. The Morgan fingerprint density at radius 3 is 2.38 bits per heavy atom. The molecule has 3 nitrogen and oxygen atoms in total. The van der Waals surface area contributed by atoms with E-state index in [0.29, 0.717) is 18.9 Å². The summed E-state index contributed by atoms with van der Waals surface area (Å²) < 4.78 is 0. The molecule has 4 heteroatoms. The van der Waals surface area contributed by atoms with Crippen LogP contribution in [0.25, 0.3) is 0 Å². The van der Waals surface area contributed by atoms with Crippen LogP contribution in [0, 0.1) is 26.7 Å². The molecule has 0 saturated heterocycles. The molecule has 0 spiro atoms. The molecule has 0 unspecified atom stereocenters. The van der Waals surface area contributed by atoms with E-state index in [2.05, 4.69) is 38.2 Å². The van der Waals surface area contributed by atoms with Crippen molar-refractivity contribution in [3.05, 3.63) is 34.4 Å². The molecule has 3 N–H and O–H groups in total. The molecule has 1 aliphatic rings. The predicted molar refractivity (Wildman–Crippen MR) is 89.7 cm³/mol. The molecule has 1 amide bonds. The van der Waals surface area contributed by atoms with Gasteiger partial charge in [0, 0.05) is 19.0 Å². The Morgan fingerprint density at radius 2 is 1.86 bits per heavy atom. The van der Waals surface area contributed by atoms with Gasteiger partial charge in [0.25, 0.3) is 0 Å². The quantitative estimate of drug-likeness (QED) is 0.897. The second kappa shape index (κ2) is 7.81. The van der Waals surface area contributed by atoms with Crippen LogP contribution in [0.5, 0.6) is 0 Å². The van der Waals surface area contributed by atoms with E-state index in [4.69, 9.17) is 5.73 Å². The van der Waals surface area contributed by atoms with Crippen LogP contribution in [0.1, 0.15) is 47.9 Å². The van der Waals surface area contributed by atoms with Crippen molar-refractivity contribution in [2.24, 2.45) is 11.7 Å². The summed E-state index contributed by atoms with van der Waals surface area (Å²) in [4.78, 5) is 12.0. The van der Waals surface area contributed by atoms with E-state index in [9.17, 15) is 4.79 Å². The molecule has 0 aliphatic heterocycles. The van der Waals surface area contributed by atoms with Gasteiger partial charge in [0.15, 0.2) is 0 Å². The zero-order valence-electron chi connectivity index (χ0n) is 13.2. The van der Waals surface area contributed by atoms with E-state index >= 15 is 0 Å². The molecule has 1 aliphatic carbocycles. The SMILES string of the molecule is Cc1cc(C)c(CNC(=O)C[C@@H]2CCC[C@H]2N)c(C)c1.Cl. The first-order valence-electron chi connectivity index (χ1n) is 7.56. The molecule has 2 rings (SSSR count). The van der Waals surface area contributed by atoms with E-state index in [1.54, 1.807) is 0 Å². The summed E-state index contributed by atoms with van der Waals surface area (Å²) in [6.07, 6.45) is 3.89. The van der Waals surface area contributed by atoms with Crippen molar-refractivity contribution in [1.82, 2.24) is 5.32 Å². The summed E-state index contributed by atoms with van der Waals surface area (Å²) in [6.45, 7) is 6.94. The van der Waals surface area contributed by atoms with Crippen molar-refractivity contribution < 1.29 is 4.79 Å². The first kappa shape index (κ1) is 18.0. The average Bonchev–Trinajstić information content (AvgIpc) is 2.73. The lowest BCUT2D eigenvalue weighted by molar-refractivity contribution is -0.122. The lowest BCUT2D eigenvalue weighted by atomic mass is 9.98. The molecule has 21 heavy (non-hydrogen) atoms. The monoisotopic (exact) mass is 310 g/mol. The molecular formula is C17H27ClN2O. The lowest BCUT2D eigenvalue weighted by Gasteiger charge is -2.16. The van der Waals surface area contributed by atoms with Crippen LogP contribution in [-0.2, 0) is 11.3 Å². The van der Waals surface area contributed by atoms with E-state index in [1.807, 2.05) is 0 Å². The smallest absolute Gasteiger partial charge is 0.220 e. The Morgan fingerprint density at radius 1 is 1.24 bits per heavy atom. The van der Waals surface area contributed by atoms with Crippen molar-refractivity contribution in [1.29, 1.82) is 0 Å². The number of halogens is 1. The highest BCUT2D eigenvalue weighted by Gasteiger charge is 2.25. The number of nitrogens with two attached hydrogens (primary N) is 1. The van der Waals surface area contributed by atoms with Gasteiger partial charge in [0.05, 0.1) is 0 Å². The minimum Gasteiger partial charge on any atom is -0.352 e. The maximum atomic E-state index is 12.0.